The molecule has 3 aromatic rings. The summed E-state index contributed by atoms with van der Waals surface area (Å²) in [7, 11) is 0. The van der Waals surface area contributed by atoms with Gasteiger partial charge in [0.15, 0.2) is 0 Å². The van der Waals surface area contributed by atoms with Gasteiger partial charge in [-0.1, -0.05) is 38.1 Å². The van der Waals surface area contributed by atoms with Crippen molar-refractivity contribution in [3.63, 3.8) is 0 Å². The first-order valence-electron chi connectivity index (χ1n) is 11.1. The molecule has 2 heterocycles. The third-order valence-electron chi connectivity index (χ3n) is 6.17. The van der Waals surface area contributed by atoms with Crippen molar-refractivity contribution in [3.05, 3.63) is 77.4 Å². The Morgan fingerprint density at radius 3 is 2.75 bits per heavy atom. The van der Waals surface area contributed by atoms with E-state index in [1.54, 1.807) is 4.90 Å². The number of nitrogens with one attached hydrogen (secondary N) is 1. The van der Waals surface area contributed by atoms with Crippen molar-refractivity contribution >= 4 is 23.2 Å². The van der Waals surface area contributed by atoms with Crippen molar-refractivity contribution in [2.24, 2.45) is 5.92 Å². The van der Waals surface area contributed by atoms with Crippen LogP contribution in [0.25, 0.3) is 0 Å². The number of imidazole rings is 1. The van der Waals surface area contributed by atoms with Gasteiger partial charge in [0.2, 0.25) is 11.8 Å². The molecule has 2 amide bonds. The van der Waals surface area contributed by atoms with Crippen LogP contribution in [-0.2, 0) is 16.1 Å². The summed E-state index contributed by atoms with van der Waals surface area (Å²) in [4.78, 5) is 31.8. The van der Waals surface area contributed by atoms with E-state index in [-0.39, 0.29) is 24.2 Å². The highest BCUT2D eigenvalue weighted by Gasteiger charge is 2.35. The summed E-state index contributed by atoms with van der Waals surface area (Å²) in [6.45, 7) is 9.40. The lowest BCUT2D eigenvalue weighted by Gasteiger charge is -2.20. The summed E-state index contributed by atoms with van der Waals surface area (Å²) in [6.07, 6.45) is 4.03. The molecule has 0 spiro atoms. The zero-order chi connectivity index (χ0) is 22.8. The summed E-state index contributed by atoms with van der Waals surface area (Å²) < 4.78 is 2.13. The molecule has 1 aliphatic rings. The quantitative estimate of drug-likeness (QED) is 0.618. The van der Waals surface area contributed by atoms with E-state index in [2.05, 4.69) is 28.7 Å². The van der Waals surface area contributed by atoms with Gasteiger partial charge in [-0.05, 0) is 48.7 Å². The lowest BCUT2D eigenvalue weighted by molar-refractivity contribution is -0.122. The zero-order valence-electron chi connectivity index (χ0n) is 19.1. The number of carbonyl (C=O) groups is 2. The predicted octanol–water partition coefficient (Wildman–Crippen LogP) is 4.66. The smallest absolute Gasteiger partial charge is 0.229 e. The first kappa shape index (κ1) is 21.8. The molecule has 2 aromatic carbocycles. The van der Waals surface area contributed by atoms with Crippen LogP contribution in [0.15, 0.2) is 54.9 Å². The van der Waals surface area contributed by atoms with Crippen LogP contribution in [0.5, 0.6) is 0 Å². The molecule has 1 N–H and O–H groups in total. The fourth-order valence-corrected chi connectivity index (χ4v) is 4.29. The minimum atomic E-state index is -0.368. The first-order valence-corrected chi connectivity index (χ1v) is 11.1. The van der Waals surface area contributed by atoms with Crippen LogP contribution < -0.4 is 10.2 Å². The average molecular weight is 431 g/mol. The standard InChI is InChI=1S/C26H30N4O2/c1-17(2)25-27-11-12-29(25)15-20-8-6-9-22(13-20)28-26(32)21-14-24(31)30(16-21)23-10-5-7-18(3)19(23)4/h5-13,17,21H,14-16H2,1-4H3,(H,28,32). The summed E-state index contributed by atoms with van der Waals surface area (Å²) >= 11 is 0. The Morgan fingerprint density at radius 2 is 1.97 bits per heavy atom. The van der Waals surface area contributed by atoms with Crippen LogP contribution in [0.2, 0.25) is 0 Å². The number of rotatable bonds is 6. The van der Waals surface area contributed by atoms with Gasteiger partial charge in [0.05, 0.1) is 5.92 Å². The lowest BCUT2D eigenvalue weighted by atomic mass is 10.1. The Labute approximate surface area is 189 Å². The number of amides is 2. The number of hydrogen-bond acceptors (Lipinski definition) is 3. The van der Waals surface area contributed by atoms with Crippen LogP contribution in [-0.4, -0.2) is 27.9 Å². The van der Waals surface area contributed by atoms with Crippen LogP contribution in [0.4, 0.5) is 11.4 Å². The van der Waals surface area contributed by atoms with Gasteiger partial charge < -0.3 is 14.8 Å². The van der Waals surface area contributed by atoms with Gasteiger partial charge in [-0.15, -0.1) is 0 Å². The third-order valence-corrected chi connectivity index (χ3v) is 6.17. The molecule has 32 heavy (non-hydrogen) atoms. The summed E-state index contributed by atoms with van der Waals surface area (Å²) in [5, 5.41) is 3.02. The maximum absolute atomic E-state index is 13.0. The normalized spacial score (nSPS) is 16.1. The van der Waals surface area contributed by atoms with E-state index in [9.17, 15) is 9.59 Å². The van der Waals surface area contributed by atoms with Crippen molar-refractivity contribution in [3.8, 4) is 0 Å². The Balaban J connectivity index is 1.44. The van der Waals surface area contributed by atoms with Crippen molar-refractivity contribution in [1.82, 2.24) is 9.55 Å². The van der Waals surface area contributed by atoms with Crippen LogP contribution in [0.1, 0.15) is 48.7 Å². The molecule has 1 aromatic heterocycles. The fraction of sp³-hybridized carbons (Fsp3) is 0.346. The van der Waals surface area contributed by atoms with Gasteiger partial charge in [-0.2, -0.15) is 0 Å². The van der Waals surface area contributed by atoms with Gasteiger partial charge in [0.1, 0.15) is 5.82 Å². The number of benzene rings is 2. The van der Waals surface area contributed by atoms with E-state index in [0.29, 0.717) is 19.0 Å². The number of nitrogens with zero attached hydrogens (tertiary/aromatic N) is 3. The van der Waals surface area contributed by atoms with Crippen molar-refractivity contribution in [2.75, 3.05) is 16.8 Å². The maximum atomic E-state index is 13.0. The molecule has 0 saturated carbocycles. The van der Waals surface area contributed by atoms with E-state index in [4.69, 9.17) is 0 Å². The number of carbonyl (C=O) groups excluding carboxylic acids is 2. The van der Waals surface area contributed by atoms with Crippen LogP contribution in [0.3, 0.4) is 0 Å². The first-order chi connectivity index (χ1) is 15.3. The molecule has 6 nitrogen and oxygen atoms in total. The number of aryl methyl sites for hydroxylation is 1. The largest absolute Gasteiger partial charge is 0.330 e. The molecule has 6 heteroatoms. The Hall–Kier alpha value is -3.41. The fourth-order valence-electron chi connectivity index (χ4n) is 4.29. The SMILES string of the molecule is Cc1cccc(N2CC(C(=O)Nc3cccc(Cn4ccnc4C(C)C)c3)CC2=O)c1C. The molecule has 0 bridgehead atoms. The van der Waals surface area contributed by atoms with Gasteiger partial charge >= 0.3 is 0 Å². The second-order valence-electron chi connectivity index (χ2n) is 8.88. The Morgan fingerprint density at radius 1 is 1.19 bits per heavy atom. The number of aromatic nitrogens is 2. The van der Waals surface area contributed by atoms with Crippen LogP contribution in [0, 0.1) is 19.8 Å². The van der Waals surface area contributed by atoms with Gasteiger partial charge in [-0.3, -0.25) is 9.59 Å². The second kappa shape index (κ2) is 8.99. The summed E-state index contributed by atoms with van der Waals surface area (Å²) in [5.74, 6) is 0.887. The molecule has 0 radical (unpaired) electrons. The van der Waals surface area contributed by atoms with Gasteiger partial charge in [0, 0.05) is 49.2 Å². The van der Waals surface area contributed by atoms with Gasteiger partial charge in [0.25, 0.3) is 0 Å². The molecule has 1 atom stereocenters. The molecule has 1 unspecified atom stereocenters. The number of anilines is 2. The van der Waals surface area contributed by atoms with Crippen molar-refractivity contribution in [1.29, 1.82) is 0 Å². The van der Waals surface area contributed by atoms with E-state index < -0.39 is 0 Å². The zero-order valence-corrected chi connectivity index (χ0v) is 19.1. The molecule has 1 saturated heterocycles. The van der Waals surface area contributed by atoms with Crippen molar-refractivity contribution in [2.45, 2.75) is 46.6 Å². The van der Waals surface area contributed by atoms with Gasteiger partial charge in [-0.25, -0.2) is 4.98 Å². The molecule has 1 aliphatic heterocycles. The van der Waals surface area contributed by atoms with E-state index in [1.165, 1.54) is 0 Å². The Kier molecular flexibility index (Phi) is 6.12. The van der Waals surface area contributed by atoms with E-state index >= 15 is 0 Å². The lowest BCUT2D eigenvalue weighted by Crippen LogP contribution is -2.28. The third kappa shape index (κ3) is 4.44. The molecule has 166 valence electrons. The monoisotopic (exact) mass is 430 g/mol. The molecular formula is C26H30N4O2. The second-order valence-corrected chi connectivity index (χ2v) is 8.88. The maximum Gasteiger partial charge on any atom is 0.229 e. The molecule has 1 fully saturated rings. The van der Waals surface area contributed by atoms with Crippen LogP contribution >= 0.6 is 0 Å². The van der Waals surface area contributed by atoms with E-state index in [0.717, 1.165) is 33.9 Å². The Bertz CT molecular complexity index is 1150. The molecule has 4 rings (SSSR count). The topological polar surface area (TPSA) is 67.2 Å². The molecule has 0 aliphatic carbocycles. The average Bonchev–Trinajstić information content (AvgIpc) is 3.37. The summed E-state index contributed by atoms with van der Waals surface area (Å²) in [6, 6.07) is 13.8. The van der Waals surface area contributed by atoms with E-state index in [1.807, 2.05) is 68.7 Å². The van der Waals surface area contributed by atoms with Crippen molar-refractivity contribution < 1.29 is 9.59 Å². The minimum absolute atomic E-state index is 0.00563. The highest BCUT2D eigenvalue weighted by atomic mass is 16.2. The minimum Gasteiger partial charge on any atom is -0.330 e. The molecular weight excluding hydrogens is 400 g/mol. The number of hydrogen-bond donors (Lipinski definition) is 1. The predicted molar refractivity (Wildman–Crippen MR) is 127 cm³/mol. The highest BCUT2D eigenvalue weighted by molar-refractivity contribution is 6.03. The highest BCUT2D eigenvalue weighted by Crippen LogP contribution is 2.30. The summed E-state index contributed by atoms with van der Waals surface area (Å²) in [5.41, 5.74) is 4.94.